The molecule has 5 nitrogen and oxygen atoms in total. The van der Waals surface area contributed by atoms with Crippen LogP contribution < -0.4 is 11.1 Å². The summed E-state index contributed by atoms with van der Waals surface area (Å²) in [5.41, 5.74) is 5.80. The fourth-order valence-electron chi connectivity index (χ4n) is 1.69. The van der Waals surface area contributed by atoms with E-state index in [4.69, 9.17) is 5.73 Å². The third-order valence-electron chi connectivity index (χ3n) is 2.78. The number of para-hydroxylation sites is 1. The van der Waals surface area contributed by atoms with Gasteiger partial charge in [-0.2, -0.15) is 0 Å². The Labute approximate surface area is 114 Å². The molecule has 0 saturated heterocycles. The molecule has 2 rings (SSSR count). The van der Waals surface area contributed by atoms with Crippen LogP contribution in [0.1, 0.15) is 15.9 Å². The number of phenolic OH excluding ortho intramolecular Hbond substituents is 2. The van der Waals surface area contributed by atoms with E-state index < -0.39 is 23.2 Å². The molecule has 6 heteroatoms. The van der Waals surface area contributed by atoms with Crippen molar-refractivity contribution in [2.24, 2.45) is 5.73 Å². The standard InChI is InChI=1S/C14H13FN2O3/c15-10-6-8(7-16)4-5-11(10)17-14(20)9-2-1-3-12(18)13(9)19/h1-6,18-19H,7,16H2,(H,17,20). The van der Waals surface area contributed by atoms with Crippen LogP contribution in [0.4, 0.5) is 10.1 Å². The van der Waals surface area contributed by atoms with Crippen LogP contribution >= 0.6 is 0 Å². The Bertz CT molecular complexity index is 659. The zero-order valence-electron chi connectivity index (χ0n) is 10.4. The highest BCUT2D eigenvalue weighted by atomic mass is 19.1. The molecule has 0 spiro atoms. The molecule has 104 valence electrons. The molecule has 0 atom stereocenters. The third-order valence-corrected chi connectivity index (χ3v) is 2.78. The fourth-order valence-corrected chi connectivity index (χ4v) is 1.69. The second-order valence-electron chi connectivity index (χ2n) is 4.15. The molecule has 0 fully saturated rings. The number of carbonyl (C=O) groups excluding carboxylic acids is 1. The molecule has 1 amide bonds. The molecule has 5 N–H and O–H groups in total. The van der Waals surface area contributed by atoms with E-state index in [1.165, 1.54) is 30.3 Å². The number of halogens is 1. The maximum Gasteiger partial charge on any atom is 0.259 e. The zero-order chi connectivity index (χ0) is 14.7. The number of aromatic hydroxyl groups is 2. The number of benzene rings is 2. The van der Waals surface area contributed by atoms with Gasteiger partial charge in [-0.1, -0.05) is 12.1 Å². The average molecular weight is 276 g/mol. The number of hydrogen-bond donors (Lipinski definition) is 4. The number of amides is 1. The normalized spacial score (nSPS) is 10.3. The predicted octanol–water partition coefficient (Wildman–Crippen LogP) is 1.95. The molecule has 0 aliphatic heterocycles. The Morgan fingerprint density at radius 2 is 2.00 bits per heavy atom. The predicted molar refractivity (Wildman–Crippen MR) is 72.0 cm³/mol. The second kappa shape index (κ2) is 5.58. The van der Waals surface area contributed by atoms with Gasteiger partial charge in [0.15, 0.2) is 11.5 Å². The molecular weight excluding hydrogens is 263 g/mol. The summed E-state index contributed by atoms with van der Waals surface area (Å²) in [7, 11) is 0. The highest BCUT2D eigenvalue weighted by Gasteiger charge is 2.15. The maximum atomic E-state index is 13.7. The van der Waals surface area contributed by atoms with Crippen LogP contribution in [-0.4, -0.2) is 16.1 Å². The van der Waals surface area contributed by atoms with Crippen LogP contribution in [0.15, 0.2) is 36.4 Å². The van der Waals surface area contributed by atoms with Gasteiger partial charge in [0, 0.05) is 6.54 Å². The molecule has 0 bridgehead atoms. The fraction of sp³-hybridized carbons (Fsp3) is 0.0714. The van der Waals surface area contributed by atoms with Gasteiger partial charge in [-0.15, -0.1) is 0 Å². The first kappa shape index (κ1) is 13.8. The van der Waals surface area contributed by atoms with Gasteiger partial charge in [0.2, 0.25) is 0 Å². The van der Waals surface area contributed by atoms with Crippen molar-refractivity contribution in [3.8, 4) is 11.5 Å². The second-order valence-corrected chi connectivity index (χ2v) is 4.15. The molecule has 0 unspecified atom stereocenters. The Morgan fingerprint density at radius 1 is 1.25 bits per heavy atom. The summed E-state index contributed by atoms with van der Waals surface area (Å²) < 4.78 is 13.7. The summed E-state index contributed by atoms with van der Waals surface area (Å²) in [5.74, 6) is -2.32. The molecule has 0 saturated carbocycles. The van der Waals surface area contributed by atoms with Crippen molar-refractivity contribution in [2.75, 3.05) is 5.32 Å². The number of nitrogens with one attached hydrogen (secondary N) is 1. The van der Waals surface area contributed by atoms with Crippen LogP contribution in [0.25, 0.3) is 0 Å². The highest BCUT2D eigenvalue weighted by Crippen LogP contribution is 2.29. The van der Waals surface area contributed by atoms with Crippen LogP contribution in [0.5, 0.6) is 11.5 Å². The van der Waals surface area contributed by atoms with Crippen LogP contribution in [-0.2, 0) is 6.54 Å². The summed E-state index contributed by atoms with van der Waals surface area (Å²) >= 11 is 0. The van der Waals surface area contributed by atoms with Crippen molar-refractivity contribution in [1.29, 1.82) is 0 Å². The minimum absolute atomic E-state index is 0.0325. The molecular formula is C14H13FN2O3. The van der Waals surface area contributed by atoms with Gasteiger partial charge >= 0.3 is 0 Å². The number of phenols is 2. The van der Waals surface area contributed by atoms with Gasteiger partial charge in [-0.25, -0.2) is 4.39 Å². The monoisotopic (exact) mass is 276 g/mol. The number of carbonyl (C=O) groups is 1. The van der Waals surface area contributed by atoms with E-state index >= 15 is 0 Å². The number of anilines is 1. The summed E-state index contributed by atoms with van der Waals surface area (Å²) in [6.07, 6.45) is 0. The van der Waals surface area contributed by atoms with Crippen LogP contribution in [0.3, 0.4) is 0 Å². The largest absolute Gasteiger partial charge is 0.504 e. The van der Waals surface area contributed by atoms with Crippen molar-refractivity contribution < 1.29 is 19.4 Å². The Morgan fingerprint density at radius 3 is 2.65 bits per heavy atom. The Hall–Kier alpha value is -2.60. The smallest absolute Gasteiger partial charge is 0.259 e. The summed E-state index contributed by atoms with van der Waals surface area (Å²) in [6.45, 7) is 0.193. The molecule has 0 aromatic heterocycles. The molecule has 2 aromatic rings. The first-order valence-corrected chi connectivity index (χ1v) is 5.83. The molecule has 0 aliphatic carbocycles. The SMILES string of the molecule is NCc1ccc(NC(=O)c2cccc(O)c2O)c(F)c1. The van der Waals surface area contributed by atoms with E-state index in [0.717, 1.165) is 0 Å². The van der Waals surface area contributed by atoms with Gasteiger partial charge in [-0.05, 0) is 29.8 Å². The molecule has 20 heavy (non-hydrogen) atoms. The van der Waals surface area contributed by atoms with E-state index in [1.807, 2.05) is 0 Å². The highest BCUT2D eigenvalue weighted by molar-refractivity contribution is 6.06. The molecule has 0 radical (unpaired) electrons. The van der Waals surface area contributed by atoms with E-state index in [9.17, 15) is 19.4 Å². The Balaban J connectivity index is 2.26. The summed E-state index contributed by atoms with van der Waals surface area (Å²) in [4.78, 5) is 11.9. The molecule has 2 aromatic carbocycles. The van der Waals surface area contributed by atoms with Gasteiger partial charge in [0.25, 0.3) is 5.91 Å². The van der Waals surface area contributed by atoms with E-state index in [2.05, 4.69) is 5.32 Å². The topological polar surface area (TPSA) is 95.6 Å². The lowest BCUT2D eigenvalue weighted by Crippen LogP contribution is -2.13. The summed E-state index contributed by atoms with van der Waals surface area (Å²) in [5, 5.41) is 21.2. The van der Waals surface area contributed by atoms with Crippen molar-refractivity contribution in [3.63, 3.8) is 0 Å². The van der Waals surface area contributed by atoms with E-state index in [1.54, 1.807) is 6.07 Å². The number of hydrogen-bond acceptors (Lipinski definition) is 4. The van der Waals surface area contributed by atoms with Crippen LogP contribution in [0.2, 0.25) is 0 Å². The van der Waals surface area contributed by atoms with Crippen molar-refractivity contribution in [3.05, 3.63) is 53.3 Å². The summed E-state index contributed by atoms with van der Waals surface area (Å²) in [6, 6.07) is 8.14. The first-order valence-electron chi connectivity index (χ1n) is 5.83. The maximum absolute atomic E-state index is 13.7. The number of rotatable bonds is 3. The lowest BCUT2D eigenvalue weighted by Gasteiger charge is -2.09. The number of nitrogens with two attached hydrogens (primary N) is 1. The minimum atomic E-state index is -0.724. The van der Waals surface area contributed by atoms with Gasteiger partial charge < -0.3 is 21.3 Å². The van der Waals surface area contributed by atoms with Crippen LogP contribution in [0, 0.1) is 5.82 Å². The third kappa shape index (κ3) is 2.70. The Kier molecular flexibility index (Phi) is 3.86. The van der Waals surface area contributed by atoms with E-state index in [-0.39, 0.29) is 17.8 Å². The van der Waals surface area contributed by atoms with Gasteiger partial charge in [0.1, 0.15) is 5.82 Å². The van der Waals surface area contributed by atoms with Crippen molar-refractivity contribution in [2.45, 2.75) is 6.54 Å². The van der Waals surface area contributed by atoms with Gasteiger partial charge in [0.05, 0.1) is 11.3 Å². The average Bonchev–Trinajstić information content (AvgIpc) is 2.44. The first-order chi connectivity index (χ1) is 9.52. The minimum Gasteiger partial charge on any atom is -0.504 e. The van der Waals surface area contributed by atoms with Crippen molar-refractivity contribution >= 4 is 11.6 Å². The van der Waals surface area contributed by atoms with Crippen molar-refractivity contribution in [1.82, 2.24) is 0 Å². The molecule has 0 heterocycles. The lowest BCUT2D eigenvalue weighted by atomic mass is 10.1. The van der Waals surface area contributed by atoms with E-state index in [0.29, 0.717) is 5.56 Å². The zero-order valence-corrected chi connectivity index (χ0v) is 10.4. The quantitative estimate of drug-likeness (QED) is 0.644. The lowest BCUT2D eigenvalue weighted by molar-refractivity contribution is 0.102. The van der Waals surface area contributed by atoms with Gasteiger partial charge in [-0.3, -0.25) is 4.79 Å². The molecule has 0 aliphatic rings.